The van der Waals surface area contributed by atoms with Gasteiger partial charge in [0.15, 0.2) is 0 Å². The summed E-state index contributed by atoms with van der Waals surface area (Å²) >= 11 is 1.82. The molecule has 0 bridgehead atoms. The number of hydrogen-bond donors (Lipinski definition) is 2. The minimum atomic E-state index is 0. The summed E-state index contributed by atoms with van der Waals surface area (Å²) in [6.45, 7) is 8.40. The highest BCUT2D eigenvalue weighted by atomic mass is 35.5. The number of hydrogen-bond acceptors (Lipinski definition) is 4. The van der Waals surface area contributed by atoms with E-state index in [0.717, 1.165) is 26.2 Å². The summed E-state index contributed by atoms with van der Waals surface area (Å²) in [6, 6.07) is 8.41. The van der Waals surface area contributed by atoms with Crippen LogP contribution in [0, 0.1) is 13.8 Å². The zero-order chi connectivity index (χ0) is 14.8. The fraction of sp³-hybridized carbons (Fsp3) is 0.412. The average Bonchev–Trinajstić information content (AvgIpc) is 2.97. The Morgan fingerprint density at radius 1 is 1.13 bits per heavy atom. The van der Waals surface area contributed by atoms with Crippen LogP contribution in [-0.2, 0) is 0 Å². The van der Waals surface area contributed by atoms with E-state index in [-0.39, 0.29) is 24.8 Å². The Morgan fingerprint density at radius 3 is 2.26 bits per heavy atom. The Morgan fingerprint density at radius 2 is 1.74 bits per heavy atom. The third kappa shape index (κ3) is 4.40. The first-order valence-electron chi connectivity index (χ1n) is 7.45. The quantitative estimate of drug-likeness (QED) is 0.854. The predicted octanol–water partition coefficient (Wildman–Crippen LogP) is 3.91. The average molecular weight is 375 g/mol. The van der Waals surface area contributed by atoms with E-state index >= 15 is 0 Å². The van der Waals surface area contributed by atoms with E-state index in [9.17, 15) is 5.11 Å². The Bertz CT molecular complexity index is 590. The fourth-order valence-electron chi connectivity index (χ4n) is 3.28. The molecule has 0 unspecified atom stereocenters. The lowest BCUT2D eigenvalue weighted by molar-refractivity contribution is 0.199. The third-order valence-corrected chi connectivity index (χ3v) is 5.11. The van der Waals surface area contributed by atoms with Gasteiger partial charge in [0, 0.05) is 31.1 Å². The Balaban J connectivity index is 0.00000132. The molecule has 1 fully saturated rings. The number of nitrogens with one attached hydrogen (secondary N) is 1. The topological polar surface area (TPSA) is 35.5 Å². The van der Waals surface area contributed by atoms with E-state index in [0.29, 0.717) is 11.8 Å². The van der Waals surface area contributed by atoms with Crippen LogP contribution in [0.2, 0.25) is 0 Å². The lowest BCUT2D eigenvalue weighted by Gasteiger charge is -2.36. The molecule has 1 aromatic heterocycles. The van der Waals surface area contributed by atoms with Crippen LogP contribution in [0.5, 0.6) is 5.75 Å². The van der Waals surface area contributed by atoms with E-state index in [1.54, 1.807) is 0 Å². The molecular weight excluding hydrogens is 351 g/mol. The first-order valence-corrected chi connectivity index (χ1v) is 8.33. The number of rotatable bonds is 3. The number of phenolic OH excluding ortho intramolecular Hbond substituents is 1. The van der Waals surface area contributed by atoms with Gasteiger partial charge in [0.1, 0.15) is 5.75 Å². The summed E-state index contributed by atoms with van der Waals surface area (Å²) in [6.07, 6.45) is 0. The Hall–Kier alpha value is -0.780. The fourth-order valence-corrected chi connectivity index (χ4v) is 4.14. The zero-order valence-corrected chi connectivity index (χ0v) is 15.9. The highest BCUT2D eigenvalue weighted by molar-refractivity contribution is 7.10. The molecule has 0 aliphatic carbocycles. The summed E-state index contributed by atoms with van der Waals surface area (Å²) in [5.74, 6) is 0.360. The second kappa shape index (κ2) is 8.90. The van der Waals surface area contributed by atoms with Crippen molar-refractivity contribution in [2.45, 2.75) is 19.9 Å². The monoisotopic (exact) mass is 374 g/mol. The first-order chi connectivity index (χ1) is 10.2. The van der Waals surface area contributed by atoms with E-state index < -0.39 is 0 Å². The second-order valence-electron chi connectivity index (χ2n) is 5.70. The number of aryl methyl sites for hydroxylation is 2. The van der Waals surface area contributed by atoms with Crippen molar-refractivity contribution in [2.75, 3.05) is 26.2 Å². The van der Waals surface area contributed by atoms with Crippen molar-refractivity contribution in [3.05, 3.63) is 51.2 Å². The molecule has 1 aliphatic heterocycles. The minimum absolute atomic E-state index is 0. The molecule has 1 atom stereocenters. The highest BCUT2D eigenvalue weighted by Gasteiger charge is 2.27. The Kier molecular flexibility index (Phi) is 7.84. The van der Waals surface area contributed by atoms with Crippen LogP contribution in [-0.4, -0.2) is 36.2 Å². The third-order valence-electron chi connectivity index (χ3n) is 4.18. The molecule has 1 aliphatic rings. The predicted molar refractivity (Wildman–Crippen MR) is 103 cm³/mol. The number of halogens is 2. The summed E-state index contributed by atoms with van der Waals surface area (Å²) in [4.78, 5) is 3.93. The maximum atomic E-state index is 9.82. The zero-order valence-electron chi connectivity index (χ0n) is 13.4. The van der Waals surface area contributed by atoms with Gasteiger partial charge in [-0.25, -0.2) is 0 Å². The van der Waals surface area contributed by atoms with Crippen LogP contribution in [0.15, 0.2) is 29.6 Å². The van der Waals surface area contributed by atoms with Crippen LogP contribution in [0.4, 0.5) is 0 Å². The molecule has 2 heterocycles. The molecule has 3 rings (SSSR count). The van der Waals surface area contributed by atoms with E-state index in [1.807, 2.05) is 23.5 Å². The van der Waals surface area contributed by atoms with Crippen LogP contribution in [0.3, 0.4) is 0 Å². The van der Waals surface area contributed by atoms with Crippen LogP contribution in [0.1, 0.15) is 27.6 Å². The van der Waals surface area contributed by atoms with Crippen molar-refractivity contribution in [1.29, 1.82) is 0 Å². The van der Waals surface area contributed by atoms with Gasteiger partial charge in [-0.05, 0) is 54.1 Å². The van der Waals surface area contributed by atoms with Gasteiger partial charge in [0.05, 0.1) is 6.04 Å². The van der Waals surface area contributed by atoms with Crippen molar-refractivity contribution >= 4 is 36.2 Å². The molecule has 1 aromatic carbocycles. The number of thiophene rings is 1. The molecule has 1 saturated heterocycles. The SMILES string of the molecule is Cc1cc(O)cc(C)c1[C@@H](c1cccs1)N1CCNCC1.Cl.Cl. The molecule has 0 saturated carbocycles. The first kappa shape index (κ1) is 20.3. The lowest BCUT2D eigenvalue weighted by Crippen LogP contribution is -2.45. The molecule has 0 amide bonds. The van der Waals surface area contributed by atoms with Gasteiger partial charge in [0.2, 0.25) is 0 Å². The van der Waals surface area contributed by atoms with Crippen LogP contribution < -0.4 is 5.32 Å². The smallest absolute Gasteiger partial charge is 0.116 e. The number of nitrogens with zero attached hydrogens (tertiary/aromatic N) is 1. The van der Waals surface area contributed by atoms with Gasteiger partial charge in [-0.1, -0.05) is 6.07 Å². The van der Waals surface area contributed by atoms with Crippen molar-refractivity contribution in [2.24, 2.45) is 0 Å². The lowest BCUT2D eigenvalue weighted by atomic mass is 9.93. The maximum Gasteiger partial charge on any atom is 0.116 e. The van der Waals surface area contributed by atoms with Crippen LogP contribution >= 0.6 is 36.2 Å². The van der Waals surface area contributed by atoms with E-state index in [4.69, 9.17) is 0 Å². The highest BCUT2D eigenvalue weighted by Crippen LogP contribution is 2.37. The standard InChI is InChI=1S/C17H22N2OS.2ClH/c1-12-10-14(20)11-13(2)16(12)17(15-4-3-9-21-15)19-7-5-18-6-8-19;;/h3-4,9-11,17-18,20H,5-8H2,1-2H3;2*1H/t17-;;/m1../s1. The van der Waals surface area contributed by atoms with Gasteiger partial charge in [-0.3, -0.25) is 4.90 Å². The molecule has 6 heteroatoms. The summed E-state index contributed by atoms with van der Waals surface area (Å²) in [5.41, 5.74) is 3.69. The molecule has 2 aromatic rings. The van der Waals surface area contributed by atoms with Crippen molar-refractivity contribution < 1.29 is 5.11 Å². The number of aromatic hydroxyl groups is 1. The second-order valence-corrected chi connectivity index (χ2v) is 6.68. The number of phenols is 1. The summed E-state index contributed by atoms with van der Waals surface area (Å²) in [7, 11) is 0. The van der Waals surface area contributed by atoms with Gasteiger partial charge >= 0.3 is 0 Å². The molecule has 128 valence electrons. The van der Waals surface area contributed by atoms with Crippen molar-refractivity contribution in [3.8, 4) is 5.75 Å². The molecule has 2 N–H and O–H groups in total. The molecule has 23 heavy (non-hydrogen) atoms. The molecule has 0 radical (unpaired) electrons. The van der Waals surface area contributed by atoms with Crippen molar-refractivity contribution in [1.82, 2.24) is 10.2 Å². The summed E-state index contributed by atoms with van der Waals surface area (Å²) in [5, 5.41) is 15.4. The normalized spacial score (nSPS) is 16.3. The van der Waals surface area contributed by atoms with Gasteiger partial charge in [-0.15, -0.1) is 36.2 Å². The van der Waals surface area contributed by atoms with Gasteiger partial charge < -0.3 is 10.4 Å². The van der Waals surface area contributed by atoms with Gasteiger partial charge in [0.25, 0.3) is 0 Å². The van der Waals surface area contributed by atoms with Crippen LogP contribution in [0.25, 0.3) is 0 Å². The number of benzene rings is 1. The molecule has 0 spiro atoms. The van der Waals surface area contributed by atoms with Crippen molar-refractivity contribution in [3.63, 3.8) is 0 Å². The Labute approximate surface area is 154 Å². The largest absolute Gasteiger partial charge is 0.508 e. The minimum Gasteiger partial charge on any atom is -0.508 e. The molecule has 3 nitrogen and oxygen atoms in total. The maximum absolute atomic E-state index is 9.82. The van der Waals surface area contributed by atoms with Gasteiger partial charge in [-0.2, -0.15) is 0 Å². The molecular formula is C17H24Cl2N2OS. The van der Waals surface area contributed by atoms with E-state index in [1.165, 1.54) is 21.6 Å². The summed E-state index contributed by atoms with van der Waals surface area (Å²) < 4.78 is 0. The van der Waals surface area contributed by atoms with E-state index in [2.05, 4.69) is 41.6 Å². The number of piperazine rings is 1.